The molecule has 2 atom stereocenters. The molecule has 0 bridgehead atoms. The second kappa shape index (κ2) is 11.9. The molecule has 1 aromatic heterocycles. The summed E-state index contributed by atoms with van der Waals surface area (Å²) in [7, 11) is 0. The molecule has 1 rings (SSSR count). The first-order valence-corrected chi connectivity index (χ1v) is 7.46. The van der Waals surface area contributed by atoms with Gasteiger partial charge >= 0.3 is 0 Å². The van der Waals surface area contributed by atoms with Crippen molar-refractivity contribution in [2.45, 2.75) is 52.7 Å². The Bertz CT molecular complexity index is 292. The van der Waals surface area contributed by atoms with E-state index < -0.39 is 0 Å². The van der Waals surface area contributed by atoms with E-state index in [0.717, 1.165) is 19.5 Å². The van der Waals surface area contributed by atoms with E-state index in [1.165, 1.54) is 11.3 Å². The van der Waals surface area contributed by atoms with Gasteiger partial charge in [-0.05, 0) is 26.4 Å². The molecule has 0 amide bonds. The van der Waals surface area contributed by atoms with E-state index in [2.05, 4.69) is 42.9 Å². The van der Waals surface area contributed by atoms with Crippen LogP contribution in [-0.2, 0) is 6.42 Å². The highest BCUT2D eigenvalue weighted by Gasteiger charge is 2.18. The van der Waals surface area contributed by atoms with Gasteiger partial charge in [0.1, 0.15) is 0 Å². The summed E-state index contributed by atoms with van der Waals surface area (Å²) in [6.45, 7) is 11.1. The average molecular weight is 328 g/mol. The fourth-order valence-corrected chi connectivity index (χ4v) is 2.57. The molecule has 1 heterocycles. The summed E-state index contributed by atoms with van der Waals surface area (Å²) >= 11 is 1.75. The van der Waals surface area contributed by atoms with Crippen LogP contribution in [0.3, 0.4) is 0 Å². The lowest BCUT2D eigenvalue weighted by molar-refractivity contribution is 0.168. The zero-order valence-electron chi connectivity index (χ0n) is 12.3. The van der Waals surface area contributed by atoms with Gasteiger partial charge in [-0.2, -0.15) is 0 Å². The van der Waals surface area contributed by atoms with Crippen LogP contribution in [0.4, 0.5) is 0 Å². The maximum absolute atomic E-state index is 4.16. The van der Waals surface area contributed by atoms with Gasteiger partial charge in [0.25, 0.3) is 0 Å². The Morgan fingerprint density at radius 3 is 2.32 bits per heavy atom. The smallest absolute Gasteiger partial charge is 0.0794 e. The Morgan fingerprint density at radius 2 is 1.89 bits per heavy atom. The number of halogens is 2. The second-order valence-corrected chi connectivity index (χ2v) is 5.36. The molecule has 1 N–H and O–H groups in total. The minimum Gasteiger partial charge on any atom is -0.299 e. The largest absolute Gasteiger partial charge is 0.299 e. The molecular formula is C13H27Cl2N3S. The number of nitrogens with zero attached hydrogens (tertiary/aromatic N) is 2. The summed E-state index contributed by atoms with van der Waals surface area (Å²) in [6.07, 6.45) is 4.64. The van der Waals surface area contributed by atoms with Crippen LogP contribution >= 0.6 is 36.2 Å². The fraction of sp³-hybridized carbons (Fsp3) is 0.769. The van der Waals surface area contributed by atoms with Crippen molar-refractivity contribution in [3.63, 3.8) is 0 Å². The molecule has 114 valence electrons. The lowest BCUT2D eigenvalue weighted by Crippen LogP contribution is -2.50. The Labute approximate surface area is 134 Å². The molecule has 3 nitrogen and oxygen atoms in total. The van der Waals surface area contributed by atoms with Crippen LogP contribution in [0.5, 0.6) is 0 Å². The molecule has 0 radical (unpaired) electrons. The quantitative estimate of drug-likeness (QED) is 0.739. The summed E-state index contributed by atoms with van der Waals surface area (Å²) in [5.41, 5.74) is 1.91. The van der Waals surface area contributed by atoms with Crippen LogP contribution < -0.4 is 5.32 Å². The lowest BCUT2D eigenvalue weighted by Gasteiger charge is -2.32. The van der Waals surface area contributed by atoms with E-state index in [1.807, 2.05) is 11.7 Å². The molecule has 0 aliphatic rings. The monoisotopic (exact) mass is 327 g/mol. The van der Waals surface area contributed by atoms with Gasteiger partial charge in [0.15, 0.2) is 0 Å². The Kier molecular flexibility index (Phi) is 13.4. The molecule has 6 heteroatoms. The minimum absolute atomic E-state index is 0. The minimum atomic E-state index is 0. The van der Waals surface area contributed by atoms with Crippen molar-refractivity contribution in [1.29, 1.82) is 0 Å². The first-order valence-electron chi connectivity index (χ1n) is 6.58. The third-order valence-electron chi connectivity index (χ3n) is 3.22. The van der Waals surface area contributed by atoms with Gasteiger partial charge in [-0.1, -0.05) is 20.8 Å². The van der Waals surface area contributed by atoms with E-state index >= 15 is 0 Å². The Balaban J connectivity index is 0. The molecule has 19 heavy (non-hydrogen) atoms. The number of hydrogen-bond acceptors (Lipinski definition) is 4. The van der Waals surface area contributed by atoms with Crippen LogP contribution in [0.2, 0.25) is 0 Å². The third kappa shape index (κ3) is 7.47. The number of aromatic nitrogens is 1. The van der Waals surface area contributed by atoms with Gasteiger partial charge in [0.2, 0.25) is 0 Å². The number of rotatable bonds is 8. The number of nitrogens with one attached hydrogen (secondary N) is 1. The van der Waals surface area contributed by atoms with Crippen molar-refractivity contribution in [3.05, 3.63) is 16.6 Å². The van der Waals surface area contributed by atoms with Crippen LogP contribution in [0.1, 0.15) is 39.0 Å². The zero-order valence-corrected chi connectivity index (χ0v) is 14.7. The summed E-state index contributed by atoms with van der Waals surface area (Å²) in [4.78, 5) is 7.99. The molecule has 0 saturated carbocycles. The van der Waals surface area contributed by atoms with Crippen LogP contribution in [0.15, 0.2) is 11.7 Å². The highest BCUT2D eigenvalue weighted by atomic mass is 35.5. The normalized spacial score (nSPS) is 13.5. The van der Waals surface area contributed by atoms with Crippen molar-refractivity contribution in [3.8, 4) is 0 Å². The predicted octanol–water partition coefficient (Wildman–Crippen LogP) is 3.59. The lowest BCUT2D eigenvalue weighted by atomic mass is 10.2. The van der Waals surface area contributed by atoms with Crippen molar-refractivity contribution >= 4 is 36.2 Å². The molecule has 2 unspecified atom stereocenters. The summed E-state index contributed by atoms with van der Waals surface area (Å²) < 4.78 is 0. The summed E-state index contributed by atoms with van der Waals surface area (Å²) in [5.74, 6) is 0. The number of thiazole rings is 1. The van der Waals surface area contributed by atoms with Crippen molar-refractivity contribution < 1.29 is 0 Å². The first-order chi connectivity index (χ1) is 8.21. The SMILES string of the molecule is CCC(C)NC(Cc1cncs1)N(CC)CC.Cl.Cl. The van der Waals surface area contributed by atoms with Gasteiger partial charge in [0, 0.05) is 23.5 Å². The van der Waals surface area contributed by atoms with Crippen LogP contribution in [-0.4, -0.2) is 35.2 Å². The molecule has 0 saturated heterocycles. The highest BCUT2D eigenvalue weighted by Crippen LogP contribution is 2.12. The highest BCUT2D eigenvalue weighted by molar-refractivity contribution is 7.09. The molecular weight excluding hydrogens is 301 g/mol. The average Bonchev–Trinajstić information content (AvgIpc) is 2.83. The third-order valence-corrected chi connectivity index (χ3v) is 4.02. The fourth-order valence-electron chi connectivity index (χ4n) is 1.94. The van der Waals surface area contributed by atoms with Gasteiger partial charge in [-0.3, -0.25) is 15.2 Å². The maximum atomic E-state index is 4.16. The van der Waals surface area contributed by atoms with Crippen LogP contribution in [0, 0.1) is 0 Å². The van der Waals surface area contributed by atoms with Gasteiger partial charge in [-0.15, -0.1) is 36.2 Å². The first kappa shape index (κ1) is 21.4. The van der Waals surface area contributed by atoms with E-state index in [1.54, 1.807) is 11.3 Å². The Hall–Kier alpha value is 0.130. The molecule has 0 spiro atoms. The van der Waals surface area contributed by atoms with Crippen molar-refractivity contribution in [2.75, 3.05) is 13.1 Å². The maximum Gasteiger partial charge on any atom is 0.0794 e. The molecule has 0 aromatic carbocycles. The zero-order chi connectivity index (χ0) is 12.7. The molecule has 0 aliphatic carbocycles. The topological polar surface area (TPSA) is 28.2 Å². The van der Waals surface area contributed by atoms with Gasteiger partial charge in [0.05, 0.1) is 11.7 Å². The Morgan fingerprint density at radius 1 is 1.26 bits per heavy atom. The van der Waals surface area contributed by atoms with E-state index in [9.17, 15) is 0 Å². The van der Waals surface area contributed by atoms with E-state index in [4.69, 9.17) is 0 Å². The van der Waals surface area contributed by atoms with Crippen molar-refractivity contribution in [1.82, 2.24) is 15.2 Å². The van der Waals surface area contributed by atoms with Gasteiger partial charge < -0.3 is 0 Å². The standard InChI is InChI=1S/C13H25N3S.2ClH/c1-5-11(4)15-13(16(6-2)7-3)8-12-9-14-10-17-12;;/h9-11,13,15H,5-8H2,1-4H3;2*1H. The van der Waals surface area contributed by atoms with Crippen LogP contribution in [0.25, 0.3) is 0 Å². The second-order valence-electron chi connectivity index (χ2n) is 4.38. The van der Waals surface area contributed by atoms with Crippen molar-refractivity contribution in [2.24, 2.45) is 0 Å². The van der Waals surface area contributed by atoms with E-state index in [-0.39, 0.29) is 24.8 Å². The van der Waals surface area contributed by atoms with E-state index in [0.29, 0.717) is 12.2 Å². The molecule has 0 fully saturated rings. The number of hydrogen-bond donors (Lipinski definition) is 1. The summed E-state index contributed by atoms with van der Waals surface area (Å²) in [6, 6.07) is 0.563. The molecule has 0 aliphatic heterocycles. The summed E-state index contributed by atoms with van der Waals surface area (Å²) in [5, 5.41) is 3.71. The molecule has 1 aromatic rings. The van der Waals surface area contributed by atoms with Gasteiger partial charge in [-0.25, -0.2) is 0 Å². The number of likely N-dealkylation sites (N-methyl/N-ethyl adjacent to an activating group) is 1. The predicted molar refractivity (Wildman–Crippen MR) is 89.9 cm³/mol.